The van der Waals surface area contributed by atoms with Crippen molar-refractivity contribution in [3.05, 3.63) is 387 Å². The molecular weight excluding hydrogens is 1360 g/mol. The van der Waals surface area contributed by atoms with Gasteiger partial charge in [0.1, 0.15) is 35.2 Å². The Hall–Kier alpha value is -12.1. The Bertz CT molecular complexity index is 6780. The van der Waals surface area contributed by atoms with Gasteiger partial charge in [-0.05, 0) is 273 Å². The molecule has 0 atom stereocenters. The summed E-state index contributed by atoms with van der Waals surface area (Å²) in [5, 5.41) is 0. The maximum atomic E-state index is 8.36. The van der Waals surface area contributed by atoms with Gasteiger partial charge in [0.15, 0.2) is 31.0 Å². The summed E-state index contributed by atoms with van der Waals surface area (Å²) in [6.07, 6.45) is 9.30. The second kappa shape index (κ2) is 36.6. The summed E-state index contributed by atoms with van der Waals surface area (Å²) in [5.74, 6) is -0.692. The molecule has 5 aromatic heterocycles. The van der Waals surface area contributed by atoms with E-state index >= 15 is 0 Å². The molecule has 0 unspecified atom stereocenters. The van der Waals surface area contributed by atoms with Crippen molar-refractivity contribution in [3.8, 4) is 112 Å². The Kier molecular flexibility index (Phi) is 18.4. The van der Waals surface area contributed by atoms with Crippen LogP contribution in [0.5, 0.6) is 0 Å². The summed E-state index contributed by atoms with van der Waals surface area (Å²) >= 11 is 0. The predicted octanol–water partition coefficient (Wildman–Crippen LogP) is 24.7. The molecule has 15 aromatic rings. The molecule has 0 aliphatic carbocycles. The molecule has 5 heterocycles. The van der Waals surface area contributed by atoms with Crippen molar-refractivity contribution in [1.29, 1.82) is 0 Å². The zero-order valence-corrected chi connectivity index (χ0v) is 66.6. The van der Waals surface area contributed by atoms with Crippen molar-refractivity contribution >= 4 is 0 Å². The lowest BCUT2D eigenvalue weighted by Gasteiger charge is -2.13. The number of hydrogen-bond donors (Lipinski definition) is 0. The van der Waals surface area contributed by atoms with Crippen LogP contribution in [0.2, 0.25) is 0 Å². The van der Waals surface area contributed by atoms with Gasteiger partial charge in [-0.25, -0.2) is 22.8 Å². The van der Waals surface area contributed by atoms with E-state index in [2.05, 4.69) is 59.4 Å². The van der Waals surface area contributed by atoms with E-state index in [0.717, 1.165) is 134 Å². The topological polar surface area (TPSA) is 19.4 Å². The number of aryl methyl sites for hydroxylation is 14. The Balaban J connectivity index is 0.000000161. The van der Waals surface area contributed by atoms with Gasteiger partial charge in [0, 0.05) is 118 Å². The van der Waals surface area contributed by atoms with E-state index in [1.54, 1.807) is 96.7 Å². The summed E-state index contributed by atoms with van der Waals surface area (Å²) in [4.78, 5) is 0. The van der Waals surface area contributed by atoms with Crippen molar-refractivity contribution in [2.45, 2.75) is 116 Å². The average molecular weight is 1490 g/mol. The van der Waals surface area contributed by atoms with E-state index in [1.165, 1.54) is 5.56 Å². The first-order valence-electron chi connectivity index (χ1n) is 48.5. The molecule has 112 heavy (non-hydrogen) atoms. The van der Waals surface area contributed by atoms with Crippen molar-refractivity contribution in [2.75, 3.05) is 0 Å². The van der Waals surface area contributed by atoms with E-state index in [9.17, 15) is 0 Å². The Labute approximate surface area is 700 Å². The summed E-state index contributed by atoms with van der Waals surface area (Å²) in [7, 11) is 9.66. The van der Waals surface area contributed by atoms with Crippen LogP contribution in [0, 0.1) is 96.4 Å². The minimum atomic E-state index is -2.21. The van der Waals surface area contributed by atoms with Crippen molar-refractivity contribution in [2.24, 2.45) is 35.2 Å². The monoisotopic (exact) mass is 1490 g/mol. The van der Waals surface area contributed by atoms with Gasteiger partial charge >= 0.3 is 0 Å². The van der Waals surface area contributed by atoms with Gasteiger partial charge in [-0.2, -0.15) is 0 Å². The lowest BCUT2D eigenvalue weighted by Crippen LogP contribution is -2.31. The normalized spacial score (nSPS) is 14.6. The molecule has 0 bridgehead atoms. The Morgan fingerprint density at radius 2 is 0.527 bits per heavy atom. The van der Waals surface area contributed by atoms with E-state index in [-0.39, 0.29) is 5.56 Å². The van der Waals surface area contributed by atoms with Crippen LogP contribution in [0.15, 0.2) is 304 Å². The molecule has 0 spiro atoms. The molecule has 0 saturated heterocycles. The third kappa shape index (κ3) is 18.5. The smallest absolute Gasteiger partial charge is 0.201 e. The first kappa shape index (κ1) is 56.2. The van der Waals surface area contributed by atoms with E-state index in [1.807, 2.05) is 268 Å². The highest BCUT2D eigenvalue weighted by molar-refractivity contribution is 5.83. The molecule has 0 N–H and O–H groups in total. The highest BCUT2D eigenvalue weighted by Gasteiger charge is 2.23. The molecule has 0 saturated carbocycles. The molecule has 15 rings (SSSR count). The first-order chi connectivity index (χ1) is 62.6. The lowest BCUT2D eigenvalue weighted by molar-refractivity contribution is -0.660. The predicted molar refractivity (Wildman–Crippen MR) is 473 cm³/mol. The van der Waals surface area contributed by atoms with Crippen LogP contribution in [-0.2, 0) is 35.2 Å². The summed E-state index contributed by atoms with van der Waals surface area (Å²) < 4.78 is 182. The van der Waals surface area contributed by atoms with Gasteiger partial charge in [-0.3, -0.25) is 0 Å². The standard InChI is InChI=1S/C23H26N.C22H24N.2C21H22N.C20H20N/c1-16(2)19-13-14-24(5)23(15-19)22-12-8-11-21(18(22)4)20-10-7-6-9-17(20)3;1-15-9-6-7-10-19(15)20-11-8-12-21(18(20)4)22-13-16(2)17(3)14-23(22)5;1-15-12-13-22(4)21(14-15)20-11-7-10-19(17(20)3)18-9-6-5-8-16(18)2;1-15-12-13-21(22(4)14-15)20-11-7-10-19(17(20)3)18-9-6-5-8-16(18)2;1-15-9-4-5-10-17(15)18-11-8-12-19(16(18)2)20-13-6-7-14-21(20)3/h6-16H,1-5H3;6-14H,1-5H3;2*5-14H,1-4H3;4-14H,1-3H3/q5*+1/i3D3,16D;1D3,3D3;2D3;1D3,2D3;1D3. The van der Waals surface area contributed by atoms with Crippen molar-refractivity contribution in [3.63, 3.8) is 0 Å². The summed E-state index contributed by atoms with van der Waals surface area (Å²) in [6.45, 7) is 2.52. The highest BCUT2D eigenvalue weighted by Crippen LogP contribution is 2.38. The quantitative estimate of drug-likeness (QED) is 0.115. The minimum absolute atomic E-state index is 0.278. The number of pyridine rings is 5. The molecular formula is C107H114N5+5. The van der Waals surface area contributed by atoms with Gasteiger partial charge in [0.05, 0.1) is 0 Å². The third-order valence-corrected chi connectivity index (χ3v) is 20.8. The number of aromatic nitrogens is 5. The number of benzene rings is 10. The first-order valence-corrected chi connectivity index (χ1v) is 37.5. The maximum absolute atomic E-state index is 8.36. The fourth-order valence-corrected chi connectivity index (χ4v) is 14.4. The summed E-state index contributed by atoms with van der Waals surface area (Å²) in [5.41, 5.74) is 28.6. The third-order valence-electron chi connectivity index (χ3n) is 20.8. The number of rotatable bonds is 11. The van der Waals surface area contributed by atoms with Gasteiger partial charge < -0.3 is 0 Å². The van der Waals surface area contributed by atoms with Crippen molar-refractivity contribution in [1.82, 2.24) is 0 Å². The van der Waals surface area contributed by atoms with Crippen LogP contribution < -0.4 is 22.8 Å². The SMILES string of the molecule is [2H]C([2H])([2H])c1c[n+](C)c(-c2cccc(-c3ccccc3C([2H])([2H])[2H])c2C)cc1C.[2H]C([2H])([2H])c1ccc(-c2cccc(-c3ccccc3C([2H])([2H])[2H])c2C)[n+](C)c1.[2H]C([2H])([2H])c1ccccc1-c1cccc(-c2cc(C([2H])(C)C)cc[n+]2C)c1C.[2H]C([2H])([2H])c1ccccc1-c1cccc(-c2cc(C)cc[n+]2C)c1C.[2H]C([2H])([2H])c1ccccc1-c1cccc(-c2cccc[n+]2C)c1C. The second-order valence-corrected chi connectivity index (χ2v) is 28.7. The highest BCUT2D eigenvalue weighted by atomic mass is 14.9. The zero-order valence-electron chi connectivity index (χ0n) is 88.6. The molecule has 0 aliphatic heterocycles. The second-order valence-electron chi connectivity index (χ2n) is 28.7. The Morgan fingerprint density at radius 3 is 0.884 bits per heavy atom. The van der Waals surface area contributed by atoms with Crippen LogP contribution in [0.4, 0.5) is 0 Å². The van der Waals surface area contributed by atoms with Crippen LogP contribution in [0.25, 0.3) is 112 Å². The number of hydrogen-bond acceptors (Lipinski definition) is 0. The van der Waals surface area contributed by atoms with Crippen LogP contribution in [0.1, 0.15) is 133 Å². The molecule has 10 aromatic carbocycles. The molecule has 5 nitrogen and oxygen atoms in total. The van der Waals surface area contributed by atoms with E-state index in [0.29, 0.717) is 50.1 Å². The van der Waals surface area contributed by atoms with E-state index in [4.69, 9.17) is 30.2 Å². The van der Waals surface area contributed by atoms with Gasteiger partial charge in [0.2, 0.25) is 28.5 Å². The summed E-state index contributed by atoms with van der Waals surface area (Å²) in [6, 6.07) is 85.1. The Morgan fingerprint density at radius 1 is 0.223 bits per heavy atom. The molecule has 0 fully saturated rings. The fourth-order valence-electron chi connectivity index (χ4n) is 14.4. The zero-order chi connectivity index (χ0) is 98.4. The van der Waals surface area contributed by atoms with Crippen LogP contribution >= 0.6 is 0 Å². The molecule has 0 aliphatic rings. The average Bonchev–Trinajstić information content (AvgIpc) is 0.773. The fraction of sp³-hybridized carbons (Fsp3) is 0.206. The molecule has 0 amide bonds. The van der Waals surface area contributed by atoms with Crippen LogP contribution in [0.3, 0.4) is 0 Å². The lowest BCUT2D eigenvalue weighted by atomic mass is 9.91. The number of nitrogens with zero attached hydrogens (tertiary/aromatic N) is 5. The van der Waals surface area contributed by atoms with Gasteiger partial charge in [-0.1, -0.05) is 196 Å². The van der Waals surface area contributed by atoms with Gasteiger partial charge in [0.25, 0.3) is 0 Å². The van der Waals surface area contributed by atoms with Gasteiger partial charge in [-0.15, -0.1) is 0 Å². The molecule has 5 heteroatoms. The van der Waals surface area contributed by atoms with Crippen LogP contribution in [-0.4, -0.2) is 0 Å². The largest absolute Gasteiger partial charge is 0.212 e. The molecule has 0 radical (unpaired) electrons. The minimum Gasteiger partial charge on any atom is -0.201 e. The van der Waals surface area contributed by atoms with E-state index < -0.39 is 53.9 Å². The van der Waals surface area contributed by atoms with Crippen molar-refractivity contribution < 1.29 is 53.0 Å². The molecule has 562 valence electrons. The maximum Gasteiger partial charge on any atom is 0.212 e.